The third-order valence-corrected chi connectivity index (χ3v) is 0.974. The molecule has 1 aromatic rings. The van der Waals surface area contributed by atoms with Gasteiger partial charge in [0.2, 0.25) is 0 Å². The SMILES string of the molecule is COc1[c-]cccc1F.[Zn+][Br]. The third-order valence-electron chi connectivity index (χ3n) is 0.974. The molecule has 0 aliphatic carbocycles. The fourth-order valence-corrected chi connectivity index (χ4v) is 0.557. The van der Waals surface area contributed by atoms with E-state index in [0.29, 0.717) is 0 Å². The van der Waals surface area contributed by atoms with Crippen molar-refractivity contribution in [3.8, 4) is 5.75 Å². The van der Waals surface area contributed by atoms with Crippen LogP contribution < -0.4 is 4.74 Å². The molecular weight excluding hydrogens is 264 g/mol. The number of benzene rings is 1. The molecule has 0 saturated carbocycles. The van der Waals surface area contributed by atoms with E-state index < -0.39 is 0 Å². The van der Waals surface area contributed by atoms with Crippen LogP contribution in [0.1, 0.15) is 0 Å². The fourth-order valence-electron chi connectivity index (χ4n) is 0.557. The summed E-state index contributed by atoms with van der Waals surface area (Å²) >= 11 is 4.25. The molecule has 0 bridgehead atoms. The van der Waals surface area contributed by atoms with Crippen LogP contribution >= 0.6 is 13.6 Å². The molecule has 0 heterocycles. The minimum atomic E-state index is -0.375. The van der Waals surface area contributed by atoms with Crippen LogP contribution in [0.4, 0.5) is 4.39 Å². The van der Waals surface area contributed by atoms with E-state index in [2.05, 4.69) is 24.4 Å². The van der Waals surface area contributed by atoms with Crippen molar-refractivity contribution in [2.45, 2.75) is 0 Å². The van der Waals surface area contributed by atoms with Gasteiger partial charge in [-0.05, 0) is 0 Å². The number of ether oxygens (including phenoxy) is 1. The van der Waals surface area contributed by atoms with E-state index >= 15 is 0 Å². The number of methoxy groups -OCH3 is 1. The van der Waals surface area contributed by atoms with Crippen molar-refractivity contribution in [2.24, 2.45) is 0 Å². The number of halogens is 2. The average molecular weight is 270 g/mol. The molecule has 0 saturated heterocycles. The Labute approximate surface area is 82.0 Å². The molecule has 11 heavy (non-hydrogen) atoms. The molecule has 0 fully saturated rings. The molecule has 1 nitrogen and oxygen atoms in total. The predicted octanol–water partition coefficient (Wildman–Crippen LogP) is 2.48. The summed E-state index contributed by atoms with van der Waals surface area (Å²) in [6.45, 7) is 0. The molecule has 56 valence electrons. The molecule has 0 radical (unpaired) electrons. The Morgan fingerprint density at radius 1 is 1.64 bits per heavy atom. The average Bonchev–Trinajstić information content (AvgIpc) is 2.09. The molecule has 1 rings (SSSR count). The molecule has 0 aliphatic rings. The van der Waals surface area contributed by atoms with Crippen LogP contribution in [0.3, 0.4) is 0 Å². The number of hydrogen-bond donors (Lipinski definition) is 0. The molecular formula is C7H6BrFOZn. The van der Waals surface area contributed by atoms with Gasteiger partial charge in [0.15, 0.2) is 0 Å². The van der Waals surface area contributed by atoms with E-state index in [-0.39, 0.29) is 11.6 Å². The Morgan fingerprint density at radius 3 is 2.64 bits per heavy atom. The zero-order valence-electron chi connectivity index (χ0n) is 6.10. The molecule has 0 amide bonds. The first kappa shape index (κ1) is 11.1. The molecule has 0 N–H and O–H groups in total. The summed E-state index contributed by atoms with van der Waals surface area (Å²) in [6, 6.07) is 7.08. The normalized spacial score (nSPS) is 8.09. The molecule has 0 spiro atoms. The van der Waals surface area contributed by atoms with Crippen LogP contribution in [0.15, 0.2) is 18.2 Å². The van der Waals surface area contributed by atoms with Gasteiger partial charge < -0.3 is 4.74 Å². The zero-order chi connectivity index (χ0) is 8.69. The van der Waals surface area contributed by atoms with Gasteiger partial charge >= 0.3 is 30.0 Å². The van der Waals surface area contributed by atoms with Gasteiger partial charge in [-0.3, -0.25) is 4.39 Å². The molecule has 0 atom stereocenters. The maximum absolute atomic E-state index is 12.4. The van der Waals surface area contributed by atoms with Crippen LogP contribution in [-0.2, 0) is 16.3 Å². The van der Waals surface area contributed by atoms with Gasteiger partial charge in [-0.15, -0.1) is 12.1 Å². The minimum absolute atomic E-state index is 0.164. The first-order valence-corrected chi connectivity index (χ1v) is 9.76. The van der Waals surface area contributed by atoms with Crippen molar-refractivity contribution in [3.63, 3.8) is 0 Å². The van der Waals surface area contributed by atoms with E-state index in [1.165, 1.54) is 29.5 Å². The third kappa shape index (κ3) is 3.83. The van der Waals surface area contributed by atoms with E-state index in [4.69, 9.17) is 0 Å². The van der Waals surface area contributed by atoms with Gasteiger partial charge in [0, 0.05) is 11.6 Å². The van der Waals surface area contributed by atoms with Crippen molar-refractivity contribution in [1.82, 2.24) is 0 Å². The summed E-state index contributed by atoms with van der Waals surface area (Å²) in [4.78, 5) is 0. The van der Waals surface area contributed by atoms with E-state index in [9.17, 15) is 4.39 Å². The summed E-state index contributed by atoms with van der Waals surface area (Å²) in [5, 5.41) is 0. The number of para-hydroxylation sites is 1. The van der Waals surface area contributed by atoms with Crippen molar-refractivity contribution in [3.05, 3.63) is 30.1 Å². The van der Waals surface area contributed by atoms with Crippen LogP contribution in [-0.4, -0.2) is 7.11 Å². The standard InChI is InChI=1S/C7H6FO.BrH.Zn/c1-9-7-5-3-2-4-6(7)8;;/h2-4H,1H3;1H;/q-1;;+2/p-1. The second-order valence-corrected chi connectivity index (χ2v) is 1.55. The predicted molar refractivity (Wildman–Crippen MR) is 40.7 cm³/mol. The summed E-state index contributed by atoms with van der Waals surface area (Å²) in [7, 11) is 1.41. The van der Waals surface area contributed by atoms with Crippen LogP contribution in [0.5, 0.6) is 5.75 Å². The second kappa shape index (κ2) is 6.74. The van der Waals surface area contributed by atoms with E-state index in [1.807, 2.05) is 0 Å². The van der Waals surface area contributed by atoms with Crippen molar-refractivity contribution < 1.29 is 25.5 Å². The first-order chi connectivity index (χ1) is 5.34. The molecule has 0 aromatic heterocycles. The van der Waals surface area contributed by atoms with Crippen molar-refractivity contribution >= 4 is 13.6 Å². The number of hydrogen-bond acceptors (Lipinski definition) is 1. The monoisotopic (exact) mass is 268 g/mol. The summed E-state index contributed by atoms with van der Waals surface area (Å²) < 4.78 is 17.0. The van der Waals surface area contributed by atoms with Crippen molar-refractivity contribution in [1.29, 1.82) is 0 Å². The maximum atomic E-state index is 12.4. The van der Waals surface area contributed by atoms with Gasteiger partial charge in [0.1, 0.15) is 0 Å². The zero-order valence-corrected chi connectivity index (χ0v) is 10.7. The van der Waals surface area contributed by atoms with E-state index in [0.717, 1.165) is 0 Å². The van der Waals surface area contributed by atoms with Gasteiger partial charge in [-0.2, -0.15) is 12.1 Å². The van der Waals surface area contributed by atoms with Crippen molar-refractivity contribution in [2.75, 3.05) is 7.11 Å². The first-order valence-electron chi connectivity index (χ1n) is 2.81. The molecule has 1 aromatic carbocycles. The number of rotatable bonds is 1. The van der Waals surface area contributed by atoms with E-state index in [1.54, 1.807) is 12.1 Å². The Balaban J connectivity index is 0.000000461. The van der Waals surface area contributed by atoms with Gasteiger partial charge in [0.05, 0.1) is 7.11 Å². The van der Waals surface area contributed by atoms with Gasteiger partial charge in [-0.25, -0.2) is 0 Å². The summed E-state index contributed by atoms with van der Waals surface area (Å²) in [5.74, 6) is -0.211. The topological polar surface area (TPSA) is 9.23 Å². The summed E-state index contributed by atoms with van der Waals surface area (Å²) in [6.07, 6.45) is 0. The Kier molecular flexibility index (Phi) is 6.78. The van der Waals surface area contributed by atoms with Crippen LogP contribution in [0, 0.1) is 11.9 Å². The molecule has 0 unspecified atom stereocenters. The quantitative estimate of drug-likeness (QED) is 0.563. The van der Waals surface area contributed by atoms with Crippen LogP contribution in [0.25, 0.3) is 0 Å². The molecule has 4 heteroatoms. The Hall–Kier alpha value is 0.0534. The van der Waals surface area contributed by atoms with Gasteiger partial charge in [-0.1, -0.05) is 0 Å². The Morgan fingerprint density at radius 2 is 2.27 bits per heavy atom. The second-order valence-electron chi connectivity index (χ2n) is 1.55. The molecule has 0 aliphatic heterocycles. The summed E-state index contributed by atoms with van der Waals surface area (Å²) in [5.41, 5.74) is 0. The van der Waals surface area contributed by atoms with Crippen LogP contribution in [0.2, 0.25) is 0 Å². The Bertz CT molecular complexity index is 207. The fraction of sp³-hybridized carbons (Fsp3) is 0.143. The van der Waals surface area contributed by atoms with Gasteiger partial charge in [0.25, 0.3) is 0 Å².